The predicted molar refractivity (Wildman–Crippen MR) is 81.7 cm³/mol. The minimum absolute atomic E-state index is 0.624. The molecule has 2 heterocycles. The largest absolute Gasteiger partial charge is 0.298 e. The Morgan fingerprint density at radius 3 is 2.60 bits per heavy atom. The Labute approximate surface area is 121 Å². The maximum Gasteiger partial charge on any atom is 0.153 e. The SMILES string of the molecule is Cc1ccccc1-n1cc(C=O)c(-c2sccc2C)n1. The molecular formula is C16H14N2OS. The van der Waals surface area contributed by atoms with Crippen LogP contribution in [0.15, 0.2) is 41.9 Å². The summed E-state index contributed by atoms with van der Waals surface area (Å²) in [4.78, 5) is 12.4. The summed E-state index contributed by atoms with van der Waals surface area (Å²) >= 11 is 1.61. The molecule has 1 aromatic carbocycles. The summed E-state index contributed by atoms with van der Waals surface area (Å²) in [5.41, 5.74) is 4.65. The molecule has 2 aromatic heterocycles. The molecule has 3 rings (SSSR count). The second-order valence-corrected chi connectivity index (χ2v) is 5.63. The maximum atomic E-state index is 11.3. The first-order valence-corrected chi connectivity index (χ1v) is 7.24. The van der Waals surface area contributed by atoms with Crippen LogP contribution < -0.4 is 0 Å². The van der Waals surface area contributed by atoms with Gasteiger partial charge in [-0.15, -0.1) is 11.3 Å². The molecule has 20 heavy (non-hydrogen) atoms. The highest BCUT2D eigenvalue weighted by Gasteiger charge is 2.15. The first kappa shape index (κ1) is 12.8. The van der Waals surface area contributed by atoms with Gasteiger partial charge in [-0.05, 0) is 42.5 Å². The average Bonchev–Trinajstić information content (AvgIpc) is 3.04. The molecule has 100 valence electrons. The molecule has 0 N–H and O–H groups in total. The van der Waals surface area contributed by atoms with Crippen LogP contribution in [0, 0.1) is 13.8 Å². The number of carbonyl (C=O) groups excluding carboxylic acids is 1. The van der Waals surface area contributed by atoms with Crippen molar-refractivity contribution in [3.05, 3.63) is 58.6 Å². The van der Waals surface area contributed by atoms with Crippen LogP contribution in [0.2, 0.25) is 0 Å². The van der Waals surface area contributed by atoms with E-state index in [0.29, 0.717) is 5.56 Å². The molecule has 0 radical (unpaired) electrons. The van der Waals surface area contributed by atoms with Crippen LogP contribution in [0.1, 0.15) is 21.5 Å². The number of benzene rings is 1. The zero-order valence-electron chi connectivity index (χ0n) is 11.3. The van der Waals surface area contributed by atoms with E-state index in [1.807, 2.05) is 49.6 Å². The van der Waals surface area contributed by atoms with Gasteiger partial charge in [0.1, 0.15) is 5.69 Å². The lowest BCUT2D eigenvalue weighted by molar-refractivity contribution is 0.112. The molecule has 4 heteroatoms. The Balaban J connectivity index is 2.17. The standard InChI is InChI=1S/C16H14N2OS/c1-11-5-3-4-6-14(11)18-9-13(10-19)15(17-18)16-12(2)7-8-20-16/h3-10H,1-2H3. The first-order valence-electron chi connectivity index (χ1n) is 6.36. The van der Waals surface area contributed by atoms with E-state index < -0.39 is 0 Å². The molecule has 0 atom stereocenters. The summed E-state index contributed by atoms with van der Waals surface area (Å²) < 4.78 is 1.79. The van der Waals surface area contributed by atoms with E-state index in [1.165, 1.54) is 0 Å². The van der Waals surface area contributed by atoms with Crippen LogP contribution in [-0.2, 0) is 0 Å². The van der Waals surface area contributed by atoms with Gasteiger partial charge in [-0.1, -0.05) is 18.2 Å². The molecular weight excluding hydrogens is 268 g/mol. The zero-order chi connectivity index (χ0) is 14.1. The van der Waals surface area contributed by atoms with Crippen molar-refractivity contribution in [2.45, 2.75) is 13.8 Å². The average molecular weight is 282 g/mol. The van der Waals surface area contributed by atoms with E-state index in [-0.39, 0.29) is 0 Å². The lowest BCUT2D eigenvalue weighted by Gasteiger charge is -2.04. The predicted octanol–water partition coefficient (Wildman–Crippen LogP) is 4.03. The van der Waals surface area contributed by atoms with Crippen molar-refractivity contribution in [2.24, 2.45) is 0 Å². The Hall–Kier alpha value is -2.20. The van der Waals surface area contributed by atoms with E-state index in [9.17, 15) is 4.79 Å². The van der Waals surface area contributed by atoms with Crippen LogP contribution >= 0.6 is 11.3 Å². The van der Waals surface area contributed by atoms with Crippen LogP contribution in [0.4, 0.5) is 0 Å². The fourth-order valence-electron chi connectivity index (χ4n) is 2.21. The number of nitrogens with zero attached hydrogens (tertiary/aromatic N) is 2. The molecule has 3 aromatic rings. The van der Waals surface area contributed by atoms with Gasteiger partial charge in [-0.25, -0.2) is 4.68 Å². The van der Waals surface area contributed by atoms with Crippen molar-refractivity contribution in [1.82, 2.24) is 9.78 Å². The molecule has 0 spiro atoms. The van der Waals surface area contributed by atoms with Gasteiger partial charge in [0, 0.05) is 6.20 Å². The number of carbonyl (C=O) groups is 1. The number of rotatable bonds is 3. The fourth-order valence-corrected chi connectivity index (χ4v) is 3.14. The van der Waals surface area contributed by atoms with E-state index in [2.05, 4.69) is 5.10 Å². The summed E-state index contributed by atoms with van der Waals surface area (Å²) in [6, 6.07) is 10.0. The van der Waals surface area contributed by atoms with Gasteiger partial charge in [-0.3, -0.25) is 4.79 Å². The quantitative estimate of drug-likeness (QED) is 0.680. The van der Waals surface area contributed by atoms with Crippen molar-refractivity contribution in [2.75, 3.05) is 0 Å². The van der Waals surface area contributed by atoms with Crippen molar-refractivity contribution < 1.29 is 4.79 Å². The second kappa shape index (κ2) is 5.06. The van der Waals surface area contributed by atoms with Crippen molar-refractivity contribution in [3.8, 4) is 16.3 Å². The van der Waals surface area contributed by atoms with Crippen molar-refractivity contribution in [1.29, 1.82) is 0 Å². The number of aryl methyl sites for hydroxylation is 2. The molecule has 0 aliphatic heterocycles. The van der Waals surface area contributed by atoms with E-state index >= 15 is 0 Å². The molecule has 0 fully saturated rings. The van der Waals surface area contributed by atoms with Crippen LogP contribution in [0.5, 0.6) is 0 Å². The molecule has 0 aliphatic carbocycles. The van der Waals surface area contributed by atoms with Crippen LogP contribution in [0.25, 0.3) is 16.3 Å². The van der Waals surface area contributed by atoms with Crippen molar-refractivity contribution >= 4 is 17.6 Å². The third-order valence-electron chi connectivity index (χ3n) is 3.31. The number of thiophene rings is 1. The lowest BCUT2D eigenvalue weighted by Crippen LogP contribution is -1.97. The molecule has 0 bridgehead atoms. The molecule has 3 nitrogen and oxygen atoms in total. The van der Waals surface area contributed by atoms with Gasteiger partial charge in [0.2, 0.25) is 0 Å². The molecule has 0 saturated heterocycles. The summed E-state index contributed by atoms with van der Waals surface area (Å²) in [5.74, 6) is 0. The smallest absolute Gasteiger partial charge is 0.153 e. The van der Waals surface area contributed by atoms with Gasteiger partial charge in [-0.2, -0.15) is 5.10 Å². The highest BCUT2D eigenvalue weighted by Crippen LogP contribution is 2.30. The van der Waals surface area contributed by atoms with Crippen LogP contribution in [0.3, 0.4) is 0 Å². The summed E-state index contributed by atoms with van der Waals surface area (Å²) in [6.45, 7) is 4.07. The number of hydrogen-bond donors (Lipinski definition) is 0. The second-order valence-electron chi connectivity index (χ2n) is 4.71. The first-order chi connectivity index (χ1) is 9.70. The van der Waals surface area contributed by atoms with Gasteiger partial charge in [0.25, 0.3) is 0 Å². The maximum absolute atomic E-state index is 11.3. The van der Waals surface area contributed by atoms with Gasteiger partial charge in [0.15, 0.2) is 6.29 Å². The highest BCUT2D eigenvalue weighted by molar-refractivity contribution is 7.13. The Morgan fingerprint density at radius 2 is 1.95 bits per heavy atom. The van der Waals surface area contributed by atoms with Gasteiger partial charge in [0.05, 0.1) is 16.1 Å². The number of aldehydes is 1. The summed E-state index contributed by atoms with van der Waals surface area (Å²) in [7, 11) is 0. The number of hydrogen-bond acceptors (Lipinski definition) is 3. The Kier molecular flexibility index (Phi) is 3.24. The van der Waals surface area contributed by atoms with E-state index in [0.717, 1.165) is 33.7 Å². The van der Waals surface area contributed by atoms with Crippen LogP contribution in [-0.4, -0.2) is 16.1 Å². The molecule has 0 amide bonds. The molecule has 0 aliphatic rings. The minimum Gasteiger partial charge on any atom is -0.298 e. The highest BCUT2D eigenvalue weighted by atomic mass is 32.1. The van der Waals surface area contributed by atoms with E-state index in [4.69, 9.17) is 0 Å². The van der Waals surface area contributed by atoms with E-state index in [1.54, 1.807) is 22.2 Å². The normalized spacial score (nSPS) is 10.7. The minimum atomic E-state index is 0.624. The lowest BCUT2D eigenvalue weighted by atomic mass is 10.2. The van der Waals surface area contributed by atoms with Gasteiger partial charge >= 0.3 is 0 Å². The molecule has 0 saturated carbocycles. The third-order valence-corrected chi connectivity index (χ3v) is 4.33. The summed E-state index contributed by atoms with van der Waals surface area (Å²) in [6.07, 6.45) is 2.67. The molecule has 0 unspecified atom stereocenters. The summed E-state index contributed by atoms with van der Waals surface area (Å²) in [5, 5.41) is 6.63. The van der Waals surface area contributed by atoms with Crippen molar-refractivity contribution in [3.63, 3.8) is 0 Å². The monoisotopic (exact) mass is 282 g/mol. The Bertz CT molecular complexity index is 770. The fraction of sp³-hybridized carbons (Fsp3) is 0.125. The number of para-hydroxylation sites is 1. The number of aromatic nitrogens is 2. The van der Waals surface area contributed by atoms with Gasteiger partial charge < -0.3 is 0 Å². The zero-order valence-corrected chi connectivity index (χ0v) is 12.1. The Morgan fingerprint density at radius 1 is 1.15 bits per heavy atom. The third kappa shape index (κ3) is 2.08. The topological polar surface area (TPSA) is 34.9 Å².